The standard InChI is InChI=1S/C14H20N2O4/c1-3-10(14(16)17)20-11-6-13-12(18-7-19-13)5-9(11)4-8(2)15/h5-6,8,10H,3-4,7,15H2,1-2H3,(H2,16,17). The first kappa shape index (κ1) is 14.5. The molecule has 2 rings (SSSR count). The van der Waals surface area contributed by atoms with Crippen LogP contribution in [0.3, 0.4) is 0 Å². The first-order chi connectivity index (χ1) is 9.51. The second kappa shape index (κ2) is 6.00. The summed E-state index contributed by atoms with van der Waals surface area (Å²) in [5.41, 5.74) is 12.0. The van der Waals surface area contributed by atoms with Crippen molar-refractivity contribution < 1.29 is 19.0 Å². The van der Waals surface area contributed by atoms with Crippen molar-refractivity contribution in [3.63, 3.8) is 0 Å². The van der Waals surface area contributed by atoms with Gasteiger partial charge in [0.2, 0.25) is 6.79 Å². The minimum atomic E-state index is -0.665. The number of rotatable bonds is 6. The molecule has 110 valence electrons. The Kier molecular flexibility index (Phi) is 4.34. The zero-order chi connectivity index (χ0) is 14.7. The van der Waals surface area contributed by atoms with E-state index in [0.29, 0.717) is 30.1 Å². The van der Waals surface area contributed by atoms with Crippen molar-refractivity contribution in [3.05, 3.63) is 17.7 Å². The minimum Gasteiger partial charge on any atom is -0.480 e. The third kappa shape index (κ3) is 3.14. The molecule has 1 heterocycles. The molecule has 1 amide bonds. The number of hydrogen-bond donors (Lipinski definition) is 2. The lowest BCUT2D eigenvalue weighted by Gasteiger charge is -2.18. The fourth-order valence-electron chi connectivity index (χ4n) is 2.08. The fraction of sp³-hybridized carbons (Fsp3) is 0.500. The van der Waals surface area contributed by atoms with Crippen LogP contribution < -0.4 is 25.7 Å². The van der Waals surface area contributed by atoms with E-state index >= 15 is 0 Å². The van der Waals surface area contributed by atoms with E-state index in [1.54, 1.807) is 6.07 Å². The third-order valence-electron chi connectivity index (χ3n) is 3.05. The van der Waals surface area contributed by atoms with Gasteiger partial charge in [-0.1, -0.05) is 6.92 Å². The van der Waals surface area contributed by atoms with E-state index in [-0.39, 0.29) is 12.8 Å². The Labute approximate surface area is 118 Å². The number of nitrogens with two attached hydrogens (primary N) is 2. The molecule has 0 spiro atoms. The predicted molar refractivity (Wildman–Crippen MR) is 73.8 cm³/mol. The van der Waals surface area contributed by atoms with E-state index in [2.05, 4.69) is 0 Å². The first-order valence-corrected chi connectivity index (χ1v) is 6.65. The smallest absolute Gasteiger partial charge is 0.258 e. The van der Waals surface area contributed by atoms with E-state index in [0.717, 1.165) is 5.56 Å². The van der Waals surface area contributed by atoms with Crippen LogP contribution in [0.1, 0.15) is 25.8 Å². The molecule has 0 aliphatic carbocycles. The summed E-state index contributed by atoms with van der Waals surface area (Å²) >= 11 is 0. The number of fused-ring (bicyclic) bond motifs is 1. The lowest BCUT2D eigenvalue weighted by Crippen LogP contribution is -2.33. The second-order valence-corrected chi connectivity index (χ2v) is 4.91. The van der Waals surface area contributed by atoms with Gasteiger partial charge in [-0.3, -0.25) is 4.79 Å². The minimum absolute atomic E-state index is 0.0358. The van der Waals surface area contributed by atoms with Gasteiger partial charge in [0.25, 0.3) is 5.91 Å². The molecule has 0 aromatic heterocycles. The average Bonchev–Trinajstić information content (AvgIpc) is 2.81. The maximum Gasteiger partial charge on any atom is 0.258 e. The van der Waals surface area contributed by atoms with Crippen LogP contribution in [0.5, 0.6) is 17.2 Å². The molecule has 1 aromatic carbocycles. The highest BCUT2D eigenvalue weighted by atomic mass is 16.7. The molecule has 0 saturated carbocycles. The number of primary amides is 1. The van der Waals surface area contributed by atoms with Crippen molar-refractivity contribution >= 4 is 5.91 Å². The molecular formula is C14H20N2O4. The molecule has 0 saturated heterocycles. The largest absolute Gasteiger partial charge is 0.480 e. The summed E-state index contributed by atoms with van der Waals surface area (Å²) in [4.78, 5) is 11.3. The number of amides is 1. The molecule has 0 bridgehead atoms. The summed E-state index contributed by atoms with van der Waals surface area (Å²) in [7, 11) is 0. The Morgan fingerprint density at radius 3 is 2.60 bits per heavy atom. The molecule has 1 aliphatic rings. The summed E-state index contributed by atoms with van der Waals surface area (Å²) in [6.07, 6.45) is 0.449. The Hall–Kier alpha value is -1.95. The fourth-order valence-corrected chi connectivity index (χ4v) is 2.08. The maximum atomic E-state index is 11.3. The molecule has 1 aliphatic heterocycles. The van der Waals surface area contributed by atoms with Gasteiger partial charge in [0.1, 0.15) is 5.75 Å². The average molecular weight is 280 g/mol. The lowest BCUT2D eigenvalue weighted by molar-refractivity contribution is -0.124. The van der Waals surface area contributed by atoms with Gasteiger partial charge in [0.15, 0.2) is 17.6 Å². The molecule has 1 aromatic rings. The number of hydrogen-bond acceptors (Lipinski definition) is 5. The highest BCUT2D eigenvalue weighted by molar-refractivity contribution is 5.79. The maximum absolute atomic E-state index is 11.3. The monoisotopic (exact) mass is 280 g/mol. The molecule has 6 heteroatoms. The molecule has 2 atom stereocenters. The lowest BCUT2D eigenvalue weighted by atomic mass is 10.1. The van der Waals surface area contributed by atoms with Gasteiger partial charge in [-0.2, -0.15) is 0 Å². The van der Waals surface area contributed by atoms with E-state index < -0.39 is 12.0 Å². The highest BCUT2D eigenvalue weighted by Crippen LogP contribution is 2.39. The van der Waals surface area contributed by atoms with Crippen LogP contribution in [0, 0.1) is 0 Å². The number of ether oxygens (including phenoxy) is 3. The SMILES string of the molecule is CCC(Oc1cc2c(cc1CC(C)N)OCO2)C(N)=O. The Morgan fingerprint density at radius 2 is 2.05 bits per heavy atom. The molecule has 20 heavy (non-hydrogen) atoms. The number of carbonyl (C=O) groups excluding carboxylic acids is 1. The van der Waals surface area contributed by atoms with Crippen LogP contribution in [0.2, 0.25) is 0 Å². The van der Waals surface area contributed by atoms with Crippen LogP contribution in [-0.4, -0.2) is 24.8 Å². The van der Waals surface area contributed by atoms with E-state index in [9.17, 15) is 4.79 Å². The number of carbonyl (C=O) groups is 1. The Morgan fingerprint density at radius 1 is 1.40 bits per heavy atom. The van der Waals surface area contributed by atoms with Crippen molar-refractivity contribution in [1.29, 1.82) is 0 Å². The van der Waals surface area contributed by atoms with E-state index in [1.165, 1.54) is 0 Å². The zero-order valence-corrected chi connectivity index (χ0v) is 11.7. The molecule has 4 N–H and O–H groups in total. The molecular weight excluding hydrogens is 260 g/mol. The first-order valence-electron chi connectivity index (χ1n) is 6.65. The van der Waals surface area contributed by atoms with Crippen molar-refractivity contribution in [1.82, 2.24) is 0 Å². The van der Waals surface area contributed by atoms with Gasteiger partial charge in [0, 0.05) is 12.1 Å². The second-order valence-electron chi connectivity index (χ2n) is 4.91. The van der Waals surface area contributed by atoms with Gasteiger partial charge < -0.3 is 25.7 Å². The van der Waals surface area contributed by atoms with Gasteiger partial charge in [-0.15, -0.1) is 0 Å². The van der Waals surface area contributed by atoms with E-state index in [1.807, 2.05) is 19.9 Å². The highest BCUT2D eigenvalue weighted by Gasteiger charge is 2.22. The summed E-state index contributed by atoms with van der Waals surface area (Å²) in [5, 5.41) is 0. The van der Waals surface area contributed by atoms with Crippen LogP contribution in [-0.2, 0) is 11.2 Å². The van der Waals surface area contributed by atoms with Crippen molar-refractivity contribution in [3.8, 4) is 17.2 Å². The van der Waals surface area contributed by atoms with Crippen molar-refractivity contribution in [2.24, 2.45) is 11.5 Å². The molecule has 2 unspecified atom stereocenters. The summed E-state index contributed by atoms with van der Waals surface area (Å²) in [6, 6.07) is 3.53. The topological polar surface area (TPSA) is 96.8 Å². The van der Waals surface area contributed by atoms with Gasteiger partial charge in [-0.05, 0) is 31.4 Å². The number of benzene rings is 1. The van der Waals surface area contributed by atoms with Crippen LogP contribution in [0.25, 0.3) is 0 Å². The van der Waals surface area contributed by atoms with E-state index in [4.69, 9.17) is 25.7 Å². The molecule has 0 radical (unpaired) electrons. The third-order valence-corrected chi connectivity index (χ3v) is 3.05. The van der Waals surface area contributed by atoms with Crippen molar-refractivity contribution in [2.75, 3.05) is 6.79 Å². The van der Waals surface area contributed by atoms with Gasteiger partial charge in [0.05, 0.1) is 0 Å². The summed E-state index contributed by atoms with van der Waals surface area (Å²) in [6.45, 7) is 3.93. The van der Waals surface area contributed by atoms with Crippen LogP contribution >= 0.6 is 0 Å². The summed E-state index contributed by atoms with van der Waals surface area (Å²) < 4.78 is 16.4. The molecule has 0 fully saturated rings. The summed E-state index contributed by atoms with van der Waals surface area (Å²) in [5.74, 6) is 1.35. The molecule has 6 nitrogen and oxygen atoms in total. The van der Waals surface area contributed by atoms with Crippen LogP contribution in [0.4, 0.5) is 0 Å². The Balaban J connectivity index is 2.31. The Bertz CT molecular complexity index is 502. The van der Waals surface area contributed by atoms with Crippen molar-refractivity contribution in [2.45, 2.75) is 38.8 Å². The quantitative estimate of drug-likeness (QED) is 0.808. The zero-order valence-electron chi connectivity index (χ0n) is 11.7. The van der Waals surface area contributed by atoms with Gasteiger partial charge >= 0.3 is 0 Å². The van der Waals surface area contributed by atoms with Gasteiger partial charge in [-0.25, -0.2) is 0 Å². The van der Waals surface area contributed by atoms with Crippen LogP contribution in [0.15, 0.2) is 12.1 Å². The normalized spacial score (nSPS) is 15.8. The predicted octanol–water partition coefficient (Wildman–Crippen LogP) is 0.948.